The molecule has 0 aliphatic carbocycles. The van der Waals surface area contributed by atoms with Crippen molar-refractivity contribution >= 4 is 23.6 Å². The topological polar surface area (TPSA) is 129 Å². The van der Waals surface area contributed by atoms with Crippen LogP contribution in [0.25, 0.3) is 0 Å². The molecule has 0 unspecified atom stereocenters. The van der Waals surface area contributed by atoms with E-state index in [1.807, 2.05) is 0 Å². The van der Waals surface area contributed by atoms with E-state index in [1.165, 1.54) is 13.2 Å². The normalized spacial score (nSPS) is 10.6. The molecular weight excluding hydrogens is 342 g/mol. The lowest BCUT2D eigenvalue weighted by Gasteiger charge is -2.19. The van der Waals surface area contributed by atoms with E-state index in [0.717, 1.165) is 0 Å². The van der Waals surface area contributed by atoms with Crippen molar-refractivity contribution in [2.45, 2.75) is 32.8 Å². The first-order valence-electron chi connectivity index (χ1n) is 7.96. The molecule has 3 amide bonds. The van der Waals surface area contributed by atoms with Gasteiger partial charge in [0.2, 0.25) is 5.91 Å². The van der Waals surface area contributed by atoms with Gasteiger partial charge in [0.15, 0.2) is 18.1 Å². The van der Waals surface area contributed by atoms with Gasteiger partial charge in [0.25, 0.3) is 5.91 Å². The zero-order valence-electron chi connectivity index (χ0n) is 15.4. The largest absolute Gasteiger partial charge is 0.493 e. The van der Waals surface area contributed by atoms with E-state index in [4.69, 9.17) is 19.9 Å². The van der Waals surface area contributed by atoms with E-state index < -0.39 is 17.6 Å². The average Bonchev–Trinajstić information content (AvgIpc) is 2.51. The van der Waals surface area contributed by atoms with Gasteiger partial charge in [-0.3, -0.25) is 9.59 Å². The Morgan fingerprint density at radius 3 is 2.42 bits per heavy atom. The minimum atomic E-state index is -0.630. The number of primary amides is 1. The van der Waals surface area contributed by atoms with Gasteiger partial charge in [-0.05, 0) is 32.9 Å². The lowest BCUT2D eigenvalue weighted by atomic mass is 10.2. The second kappa shape index (κ2) is 9.50. The van der Waals surface area contributed by atoms with Crippen LogP contribution in [0.5, 0.6) is 11.5 Å². The number of amides is 3. The summed E-state index contributed by atoms with van der Waals surface area (Å²) in [6.07, 6.45) is -0.528. The van der Waals surface area contributed by atoms with Gasteiger partial charge in [-0.25, -0.2) is 4.79 Å². The Bertz CT molecular complexity index is 654. The van der Waals surface area contributed by atoms with E-state index in [9.17, 15) is 14.4 Å². The molecule has 0 atom stereocenters. The highest BCUT2D eigenvalue weighted by molar-refractivity contribution is 5.91. The van der Waals surface area contributed by atoms with Crippen LogP contribution in [0.15, 0.2) is 18.2 Å². The fourth-order valence-corrected chi connectivity index (χ4v) is 1.83. The predicted molar refractivity (Wildman–Crippen MR) is 95.2 cm³/mol. The maximum Gasteiger partial charge on any atom is 0.407 e. The third kappa shape index (κ3) is 8.22. The van der Waals surface area contributed by atoms with Crippen molar-refractivity contribution in [3.8, 4) is 11.5 Å². The van der Waals surface area contributed by atoms with Crippen LogP contribution >= 0.6 is 0 Å². The Kier molecular flexibility index (Phi) is 7.70. The third-order valence-electron chi connectivity index (χ3n) is 2.84. The van der Waals surface area contributed by atoms with Gasteiger partial charge in [-0.15, -0.1) is 0 Å². The summed E-state index contributed by atoms with van der Waals surface area (Å²) in [5.74, 6) is -0.270. The van der Waals surface area contributed by atoms with Gasteiger partial charge in [0.1, 0.15) is 5.60 Å². The second-order valence-electron chi connectivity index (χ2n) is 6.35. The summed E-state index contributed by atoms with van der Waals surface area (Å²) < 4.78 is 15.4. The average molecular weight is 367 g/mol. The number of nitrogens with one attached hydrogen (secondary N) is 2. The molecule has 0 aliphatic rings. The van der Waals surface area contributed by atoms with Crippen LogP contribution in [0.4, 0.5) is 10.5 Å². The summed E-state index contributed by atoms with van der Waals surface area (Å²) in [6, 6.07) is 4.72. The Labute approximate surface area is 152 Å². The van der Waals surface area contributed by atoms with Crippen LogP contribution in [0.3, 0.4) is 0 Å². The fourth-order valence-electron chi connectivity index (χ4n) is 1.83. The number of rotatable bonds is 8. The molecule has 0 saturated carbocycles. The molecule has 1 rings (SSSR count). The first kappa shape index (κ1) is 21.1. The molecule has 0 radical (unpaired) electrons. The molecule has 0 aromatic heterocycles. The monoisotopic (exact) mass is 367 g/mol. The summed E-state index contributed by atoms with van der Waals surface area (Å²) in [4.78, 5) is 34.3. The Morgan fingerprint density at radius 1 is 1.15 bits per heavy atom. The number of benzene rings is 1. The zero-order chi connectivity index (χ0) is 19.7. The van der Waals surface area contributed by atoms with Crippen LogP contribution < -0.4 is 25.8 Å². The van der Waals surface area contributed by atoms with Crippen molar-refractivity contribution < 1.29 is 28.6 Å². The smallest absolute Gasteiger partial charge is 0.407 e. The van der Waals surface area contributed by atoms with Gasteiger partial charge in [0.05, 0.1) is 7.11 Å². The van der Waals surface area contributed by atoms with Gasteiger partial charge in [-0.2, -0.15) is 0 Å². The number of hydrogen-bond donors (Lipinski definition) is 3. The minimum Gasteiger partial charge on any atom is -0.493 e. The molecule has 0 bridgehead atoms. The van der Waals surface area contributed by atoms with Gasteiger partial charge in [-0.1, -0.05) is 0 Å². The predicted octanol–water partition coefficient (Wildman–Crippen LogP) is 1.41. The van der Waals surface area contributed by atoms with Crippen molar-refractivity contribution in [1.29, 1.82) is 0 Å². The molecule has 0 spiro atoms. The summed E-state index contributed by atoms with van der Waals surface area (Å²) in [5, 5.41) is 5.16. The van der Waals surface area contributed by atoms with Crippen LogP contribution in [0.1, 0.15) is 27.2 Å². The van der Waals surface area contributed by atoms with E-state index in [-0.39, 0.29) is 31.2 Å². The van der Waals surface area contributed by atoms with Crippen LogP contribution in [0.2, 0.25) is 0 Å². The fraction of sp³-hybridized carbons (Fsp3) is 0.471. The number of anilines is 1. The SMILES string of the molecule is COc1ccc(NC(=O)CCNC(=O)OC(C)(C)C)cc1OCC(N)=O. The Morgan fingerprint density at radius 2 is 1.85 bits per heavy atom. The van der Waals surface area contributed by atoms with Crippen molar-refractivity contribution in [2.75, 3.05) is 25.6 Å². The molecule has 0 fully saturated rings. The molecule has 9 heteroatoms. The molecule has 26 heavy (non-hydrogen) atoms. The number of alkyl carbamates (subject to hydrolysis) is 1. The van der Waals surface area contributed by atoms with Crippen molar-refractivity contribution in [3.05, 3.63) is 18.2 Å². The third-order valence-corrected chi connectivity index (χ3v) is 2.84. The number of carbonyl (C=O) groups excluding carboxylic acids is 3. The highest BCUT2D eigenvalue weighted by Crippen LogP contribution is 2.30. The number of nitrogens with two attached hydrogens (primary N) is 1. The van der Waals surface area contributed by atoms with Crippen LogP contribution in [-0.2, 0) is 14.3 Å². The quantitative estimate of drug-likeness (QED) is 0.637. The summed E-state index contributed by atoms with van der Waals surface area (Å²) in [5.41, 5.74) is 4.90. The van der Waals surface area contributed by atoms with E-state index in [2.05, 4.69) is 10.6 Å². The Hall–Kier alpha value is -2.97. The summed E-state index contributed by atoms with van der Waals surface area (Å²) in [7, 11) is 1.45. The van der Waals surface area contributed by atoms with Gasteiger partial charge >= 0.3 is 6.09 Å². The number of carbonyl (C=O) groups is 3. The zero-order valence-corrected chi connectivity index (χ0v) is 15.4. The van der Waals surface area contributed by atoms with E-state index in [0.29, 0.717) is 11.4 Å². The lowest BCUT2D eigenvalue weighted by molar-refractivity contribution is -0.120. The van der Waals surface area contributed by atoms with Gasteiger partial charge < -0.3 is 30.6 Å². The first-order valence-corrected chi connectivity index (χ1v) is 7.96. The highest BCUT2D eigenvalue weighted by atomic mass is 16.6. The van der Waals surface area contributed by atoms with E-state index >= 15 is 0 Å². The molecule has 0 aliphatic heterocycles. The molecule has 0 heterocycles. The molecule has 0 saturated heterocycles. The number of methoxy groups -OCH3 is 1. The lowest BCUT2D eigenvalue weighted by Crippen LogP contribution is -2.34. The number of ether oxygens (including phenoxy) is 3. The maximum atomic E-state index is 12.0. The van der Waals surface area contributed by atoms with Gasteiger partial charge in [0, 0.05) is 24.7 Å². The maximum absolute atomic E-state index is 12.0. The molecule has 4 N–H and O–H groups in total. The second-order valence-corrected chi connectivity index (χ2v) is 6.35. The van der Waals surface area contributed by atoms with Crippen LogP contribution in [-0.4, -0.2) is 43.8 Å². The molecule has 1 aromatic rings. The summed E-state index contributed by atoms with van der Waals surface area (Å²) >= 11 is 0. The number of hydrogen-bond acceptors (Lipinski definition) is 6. The van der Waals surface area contributed by atoms with Crippen LogP contribution in [0, 0.1) is 0 Å². The minimum absolute atomic E-state index is 0.0583. The molecule has 9 nitrogen and oxygen atoms in total. The standard InChI is InChI=1S/C17H25N3O6/c1-17(2,3)26-16(23)19-8-7-15(22)20-11-5-6-12(24-4)13(9-11)25-10-14(18)21/h5-6,9H,7-8,10H2,1-4H3,(H2,18,21)(H,19,23)(H,20,22). The van der Waals surface area contributed by atoms with Crippen molar-refractivity contribution in [3.63, 3.8) is 0 Å². The Balaban J connectivity index is 2.54. The highest BCUT2D eigenvalue weighted by Gasteiger charge is 2.16. The molecule has 1 aromatic carbocycles. The first-order chi connectivity index (χ1) is 12.1. The van der Waals surface area contributed by atoms with Crippen molar-refractivity contribution in [2.24, 2.45) is 5.73 Å². The van der Waals surface area contributed by atoms with E-state index in [1.54, 1.807) is 32.9 Å². The molecular formula is C17H25N3O6. The molecule has 144 valence electrons. The van der Waals surface area contributed by atoms with Crippen molar-refractivity contribution in [1.82, 2.24) is 5.32 Å². The summed E-state index contributed by atoms with van der Waals surface area (Å²) in [6.45, 7) is 5.07.